The summed E-state index contributed by atoms with van der Waals surface area (Å²) < 4.78 is 28.8. The molecule has 0 bridgehead atoms. The maximum Gasteiger partial charge on any atom is 0.374 e. The summed E-state index contributed by atoms with van der Waals surface area (Å²) in [6, 6.07) is 0. The molecule has 1 aliphatic heterocycles. The van der Waals surface area contributed by atoms with E-state index in [1.165, 1.54) is 0 Å². The molecule has 15 heavy (non-hydrogen) atoms. The van der Waals surface area contributed by atoms with Gasteiger partial charge < -0.3 is 10.1 Å². The molecule has 0 aromatic heterocycles. The number of carbonyl (C=O) groups is 1. The van der Waals surface area contributed by atoms with Crippen molar-refractivity contribution in [2.45, 2.75) is 38.7 Å². The van der Waals surface area contributed by atoms with E-state index < -0.39 is 12.4 Å². The van der Waals surface area contributed by atoms with Crippen LogP contribution >= 0.6 is 0 Å². The maximum atomic E-state index is 12.0. The molecule has 0 aromatic carbocycles. The van der Waals surface area contributed by atoms with Crippen molar-refractivity contribution in [3.8, 4) is 0 Å². The largest absolute Gasteiger partial charge is 0.458 e. The number of hydrogen-bond donors (Lipinski definition) is 1. The first-order valence-electron chi connectivity index (χ1n) is 5.34. The first-order valence-corrected chi connectivity index (χ1v) is 5.34. The lowest BCUT2D eigenvalue weighted by Crippen LogP contribution is -2.37. The molecule has 1 unspecified atom stereocenters. The summed E-state index contributed by atoms with van der Waals surface area (Å²) in [6.07, 6.45) is -0.998. The molecule has 1 atom stereocenters. The van der Waals surface area contributed by atoms with E-state index in [-0.39, 0.29) is 12.0 Å². The van der Waals surface area contributed by atoms with Crippen LogP contribution in [0.2, 0.25) is 0 Å². The number of esters is 1. The molecule has 1 heterocycles. The summed E-state index contributed by atoms with van der Waals surface area (Å²) in [5, 5.41) is 3.18. The fourth-order valence-electron chi connectivity index (χ4n) is 1.93. The monoisotopic (exact) mass is 221 g/mol. The van der Waals surface area contributed by atoms with E-state index in [0.29, 0.717) is 6.42 Å². The summed E-state index contributed by atoms with van der Waals surface area (Å²) >= 11 is 0. The van der Waals surface area contributed by atoms with Gasteiger partial charge in [0.2, 0.25) is 0 Å². The second kappa shape index (κ2) is 6.00. The van der Waals surface area contributed by atoms with Gasteiger partial charge in [0.25, 0.3) is 0 Å². The minimum Gasteiger partial charge on any atom is -0.458 e. The Labute approximate surface area is 88.2 Å². The van der Waals surface area contributed by atoms with Gasteiger partial charge in [0.05, 0.1) is 0 Å². The van der Waals surface area contributed by atoms with Crippen LogP contribution in [0.4, 0.5) is 8.78 Å². The molecule has 88 valence electrons. The summed E-state index contributed by atoms with van der Waals surface area (Å²) in [5.41, 5.74) is 0. The summed E-state index contributed by atoms with van der Waals surface area (Å²) in [5.74, 6) is -1.17. The summed E-state index contributed by atoms with van der Waals surface area (Å²) in [4.78, 5) is 10.8. The Morgan fingerprint density at radius 3 is 2.53 bits per heavy atom. The predicted molar refractivity (Wildman–Crippen MR) is 51.8 cm³/mol. The number of nitrogens with one attached hydrogen (secondary N) is 1. The van der Waals surface area contributed by atoms with Gasteiger partial charge in [0.1, 0.15) is 6.10 Å². The van der Waals surface area contributed by atoms with Crippen LogP contribution in [0.25, 0.3) is 0 Å². The number of halogens is 2. The third kappa shape index (κ3) is 3.74. The Balaban J connectivity index is 2.43. The third-order valence-electron chi connectivity index (χ3n) is 2.76. The number of alkyl halides is 2. The van der Waals surface area contributed by atoms with E-state index in [1.807, 2.05) is 6.92 Å². The number of ether oxygens (including phenoxy) is 1. The molecule has 0 amide bonds. The summed E-state index contributed by atoms with van der Waals surface area (Å²) in [6.45, 7) is 3.59. The van der Waals surface area contributed by atoms with Crippen molar-refractivity contribution in [3.05, 3.63) is 0 Å². The second-order valence-corrected chi connectivity index (χ2v) is 3.77. The van der Waals surface area contributed by atoms with E-state index in [2.05, 4.69) is 5.32 Å². The Kier molecular flexibility index (Phi) is 4.94. The van der Waals surface area contributed by atoms with Gasteiger partial charge in [-0.3, -0.25) is 0 Å². The molecule has 0 aliphatic carbocycles. The van der Waals surface area contributed by atoms with Crippen molar-refractivity contribution >= 4 is 5.97 Å². The molecule has 1 saturated heterocycles. The van der Waals surface area contributed by atoms with E-state index in [1.54, 1.807) is 0 Å². The molecule has 0 aromatic rings. The average Bonchev–Trinajstić information content (AvgIpc) is 2.26. The molecular weight excluding hydrogens is 204 g/mol. The smallest absolute Gasteiger partial charge is 0.374 e. The van der Waals surface area contributed by atoms with Gasteiger partial charge in [-0.15, -0.1) is 0 Å². The summed E-state index contributed by atoms with van der Waals surface area (Å²) in [7, 11) is 0. The standard InChI is InChI=1S/C10H17F2NO2/c1-2-8(15-10(14)9(11)12)7-3-5-13-6-4-7/h7-9,13H,2-6H2,1H3. The molecule has 3 nitrogen and oxygen atoms in total. The van der Waals surface area contributed by atoms with Gasteiger partial charge in [-0.1, -0.05) is 6.92 Å². The number of hydrogen-bond acceptors (Lipinski definition) is 3. The van der Waals surface area contributed by atoms with Crippen molar-refractivity contribution in [2.75, 3.05) is 13.1 Å². The molecule has 0 radical (unpaired) electrons. The Hall–Kier alpha value is -0.710. The van der Waals surface area contributed by atoms with Crippen molar-refractivity contribution in [3.63, 3.8) is 0 Å². The molecule has 1 N–H and O–H groups in total. The maximum absolute atomic E-state index is 12.0. The van der Waals surface area contributed by atoms with Crippen LogP contribution in [-0.2, 0) is 9.53 Å². The highest BCUT2D eigenvalue weighted by Crippen LogP contribution is 2.22. The Morgan fingerprint density at radius 1 is 1.47 bits per heavy atom. The lowest BCUT2D eigenvalue weighted by Gasteiger charge is -2.29. The van der Waals surface area contributed by atoms with Gasteiger partial charge >= 0.3 is 12.4 Å². The topological polar surface area (TPSA) is 38.3 Å². The van der Waals surface area contributed by atoms with E-state index in [9.17, 15) is 13.6 Å². The zero-order valence-electron chi connectivity index (χ0n) is 8.84. The first kappa shape index (κ1) is 12.4. The van der Waals surface area contributed by atoms with Crippen LogP contribution in [0.3, 0.4) is 0 Å². The molecule has 1 fully saturated rings. The lowest BCUT2D eigenvalue weighted by molar-refractivity contribution is -0.165. The predicted octanol–water partition coefficient (Wildman–Crippen LogP) is 1.57. The molecular formula is C10H17F2NO2. The minimum absolute atomic E-state index is 0.221. The number of rotatable bonds is 4. The van der Waals surface area contributed by atoms with Crippen LogP contribution < -0.4 is 5.32 Å². The van der Waals surface area contributed by atoms with Crippen molar-refractivity contribution < 1.29 is 18.3 Å². The SMILES string of the molecule is CCC(OC(=O)C(F)F)C1CCNCC1. The van der Waals surface area contributed by atoms with Gasteiger partial charge in [0.15, 0.2) is 0 Å². The quantitative estimate of drug-likeness (QED) is 0.732. The molecule has 5 heteroatoms. The van der Waals surface area contributed by atoms with Gasteiger partial charge in [-0.2, -0.15) is 8.78 Å². The van der Waals surface area contributed by atoms with Gasteiger partial charge in [-0.25, -0.2) is 4.79 Å². The van der Waals surface area contributed by atoms with Gasteiger partial charge in [-0.05, 0) is 38.3 Å². The van der Waals surface area contributed by atoms with Crippen molar-refractivity contribution in [1.82, 2.24) is 5.32 Å². The molecule has 1 rings (SSSR count). The second-order valence-electron chi connectivity index (χ2n) is 3.77. The molecule has 0 saturated carbocycles. The fraction of sp³-hybridized carbons (Fsp3) is 0.900. The van der Waals surface area contributed by atoms with E-state index in [4.69, 9.17) is 4.74 Å². The normalized spacial score (nSPS) is 20.3. The van der Waals surface area contributed by atoms with Crippen LogP contribution in [0.5, 0.6) is 0 Å². The number of piperidine rings is 1. The minimum atomic E-state index is -3.01. The average molecular weight is 221 g/mol. The van der Waals surface area contributed by atoms with E-state index >= 15 is 0 Å². The van der Waals surface area contributed by atoms with E-state index in [0.717, 1.165) is 25.9 Å². The fourth-order valence-corrected chi connectivity index (χ4v) is 1.93. The van der Waals surface area contributed by atoms with Crippen LogP contribution in [0.15, 0.2) is 0 Å². The van der Waals surface area contributed by atoms with Crippen LogP contribution in [0, 0.1) is 5.92 Å². The zero-order valence-corrected chi connectivity index (χ0v) is 8.84. The molecule has 0 spiro atoms. The van der Waals surface area contributed by atoms with Crippen molar-refractivity contribution in [2.24, 2.45) is 5.92 Å². The lowest BCUT2D eigenvalue weighted by atomic mass is 9.91. The molecule has 1 aliphatic rings. The Morgan fingerprint density at radius 2 is 2.07 bits per heavy atom. The first-order chi connectivity index (χ1) is 7.15. The third-order valence-corrected chi connectivity index (χ3v) is 2.76. The highest BCUT2D eigenvalue weighted by atomic mass is 19.3. The highest BCUT2D eigenvalue weighted by Gasteiger charge is 2.28. The van der Waals surface area contributed by atoms with Gasteiger partial charge in [0, 0.05) is 0 Å². The zero-order chi connectivity index (χ0) is 11.3. The van der Waals surface area contributed by atoms with Crippen molar-refractivity contribution in [1.29, 1.82) is 0 Å². The van der Waals surface area contributed by atoms with Crippen LogP contribution in [0.1, 0.15) is 26.2 Å². The van der Waals surface area contributed by atoms with Crippen LogP contribution in [-0.4, -0.2) is 31.6 Å². The Bertz CT molecular complexity index is 206. The number of carbonyl (C=O) groups excluding carboxylic acids is 1. The highest BCUT2D eigenvalue weighted by molar-refractivity contribution is 5.72.